The Bertz CT molecular complexity index is 919. The number of nitrogens with zero attached hydrogens (tertiary/aromatic N) is 2. The zero-order valence-corrected chi connectivity index (χ0v) is 16.1. The fourth-order valence-electron chi connectivity index (χ4n) is 3.89. The number of rotatable bonds is 6. The summed E-state index contributed by atoms with van der Waals surface area (Å²) in [5.41, 5.74) is 3.06. The average molecular weight is 378 g/mol. The van der Waals surface area contributed by atoms with Crippen molar-refractivity contribution in [2.24, 2.45) is 0 Å². The van der Waals surface area contributed by atoms with E-state index in [4.69, 9.17) is 9.72 Å². The molecule has 1 aliphatic heterocycles. The molecule has 1 aromatic heterocycles. The molecule has 2 aromatic carbocycles. The zero-order valence-electron chi connectivity index (χ0n) is 16.1. The minimum Gasteiger partial charge on any atom is -0.496 e. The van der Waals surface area contributed by atoms with E-state index in [2.05, 4.69) is 21.3 Å². The van der Waals surface area contributed by atoms with E-state index in [0.29, 0.717) is 19.0 Å². The maximum Gasteiger partial charge on any atom is 0.234 e. The Morgan fingerprint density at radius 1 is 1.25 bits per heavy atom. The Hall–Kier alpha value is -2.86. The van der Waals surface area contributed by atoms with Crippen LogP contribution in [0.25, 0.3) is 11.0 Å². The molecule has 2 N–H and O–H groups in total. The maximum absolute atomic E-state index is 12.5. The van der Waals surface area contributed by atoms with E-state index in [1.54, 1.807) is 7.11 Å². The number of hydrogen-bond donors (Lipinski definition) is 2. The van der Waals surface area contributed by atoms with E-state index in [9.17, 15) is 4.79 Å². The number of carbonyl (C=O) groups is 1. The van der Waals surface area contributed by atoms with Crippen molar-refractivity contribution >= 4 is 16.9 Å². The quantitative estimate of drug-likeness (QED) is 0.692. The number of piperidine rings is 1. The Morgan fingerprint density at radius 3 is 2.93 bits per heavy atom. The third kappa shape index (κ3) is 4.17. The number of methoxy groups -OCH3 is 1. The number of para-hydroxylation sites is 3. The second-order valence-corrected chi connectivity index (χ2v) is 7.30. The summed E-state index contributed by atoms with van der Waals surface area (Å²) in [6.07, 6.45) is 2.17. The SMILES string of the molecule is COc1ccccc1CNC(=O)CN1CCCC(c2nc3ccccc3[nH]2)C1. The first-order valence-corrected chi connectivity index (χ1v) is 9.78. The van der Waals surface area contributed by atoms with Crippen molar-refractivity contribution in [2.75, 3.05) is 26.7 Å². The molecule has 1 fully saturated rings. The van der Waals surface area contributed by atoms with Gasteiger partial charge in [-0.2, -0.15) is 0 Å². The summed E-state index contributed by atoms with van der Waals surface area (Å²) in [7, 11) is 1.65. The van der Waals surface area contributed by atoms with Gasteiger partial charge in [0.25, 0.3) is 0 Å². The highest BCUT2D eigenvalue weighted by atomic mass is 16.5. The molecule has 6 nitrogen and oxygen atoms in total. The van der Waals surface area contributed by atoms with Gasteiger partial charge in [0.1, 0.15) is 11.6 Å². The number of aromatic amines is 1. The summed E-state index contributed by atoms with van der Waals surface area (Å²) in [6, 6.07) is 15.9. The Morgan fingerprint density at radius 2 is 2.07 bits per heavy atom. The van der Waals surface area contributed by atoms with Gasteiger partial charge in [0.15, 0.2) is 0 Å². The molecule has 0 spiro atoms. The molecule has 3 aromatic rings. The van der Waals surface area contributed by atoms with Crippen LogP contribution in [-0.2, 0) is 11.3 Å². The molecular formula is C22H26N4O2. The number of H-pyrrole nitrogens is 1. The van der Waals surface area contributed by atoms with Crippen LogP contribution in [0.3, 0.4) is 0 Å². The third-order valence-electron chi connectivity index (χ3n) is 5.34. The van der Waals surface area contributed by atoms with E-state index in [1.165, 1.54) is 0 Å². The van der Waals surface area contributed by atoms with Crippen LogP contribution < -0.4 is 10.1 Å². The monoisotopic (exact) mass is 378 g/mol. The largest absolute Gasteiger partial charge is 0.496 e. The molecule has 28 heavy (non-hydrogen) atoms. The van der Waals surface area contributed by atoms with Gasteiger partial charge in [0.2, 0.25) is 5.91 Å². The van der Waals surface area contributed by atoms with Gasteiger partial charge in [0.05, 0.1) is 24.7 Å². The van der Waals surface area contributed by atoms with Crippen LogP contribution in [0.4, 0.5) is 0 Å². The molecule has 1 aliphatic rings. The summed E-state index contributed by atoms with van der Waals surface area (Å²) in [5, 5.41) is 3.01. The normalized spacial score (nSPS) is 17.5. The van der Waals surface area contributed by atoms with Crippen LogP contribution in [-0.4, -0.2) is 47.5 Å². The lowest BCUT2D eigenvalue weighted by Crippen LogP contribution is -2.42. The molecule has 1 atom stereocenters. The minimum absolute atomic E-state index is 0.0381. The number of hydrogen-bond acceptors (Lipinski definition) is 4. The standard InChI is InChI=1S/C22H26N4O2/c1-28-20-11-5-2-7-16(20)13-23-21(27)15-26-12-6-8-17(14-26)22-24-18-9-3-4-10-19(18)25-22/h2-5,7,9-11,17H,6,8,12-15H2,1H3,(H,23,27)(H,24,25). The number of aromatic nitrogens is 2. The van der Waals surface area contributed by atoms with Crippen molar-refractivity contribution in [2.45, 2.75) is 25.3 Å². The van der Waals surface area contributed by atoms with Crippen molar-refractivity contribution in [3.05, 3.63) is 59.9 Å². The molecule has 4 rings (SSSR count). The van der Waals surface area contributed by atoms with Crippen LogP contribution in [0.15, 0.2) is 48.5 Å². The molecule has 0 radical (unpaired) electrons. The number of ether oxygens (including phenoxy) is 1. The van der Waals surface area contributed by atoms with Gasteiger partial charge in [-0.3, -0.25) is 9.69 Å². The Kier molecular flexibility index (Phi) is 5.58. The summed E-state index contributed by atoms with van der Waals surface area (Å²) >= 11 is 0. The fourth-order valence-corrected chi connectivity index (χ4v) is 3.89. The lowest BCUT2D eigenvalue weighted by Gasteiger charge is -2.31. The van der Waals surface area contributed by atoms with Gasteiger partial charge in [-0.15, -0.1) is 0 Å². The van der Waals surface area contributed by atoms with Crippen molar-refractivity contribution in [1.82, 2.24) is 20.2 Å². The first-order valence-electron chi connectivity index (χ1n) is 9.78. The first-order chi connectivity index (χ1) is 13.7. The van der Waals surface area contributed by atoms with Gasteiger partial charge in [-0.05, 0) is 37.6 Å². The highest BCUT2D eigenvalue weighted by molar-refractivity contribution is 5.78. The molecule has 0 aliphatic carbocycles. The Labute approximate surface area is 164 Å². The number of benzene rings is 2. The fraction of sp³-hybridized carbons (Fsp3) is 0.364. The summed E-state index contributed by atoms with van der Waals surface area (Å²) in [6.45, 7) is 2.68. The second kappa shape index (κ2) is 8.44. The predicted octanol–water partition coefficient (Wildman–Crippen LogP) is 3.07. The lowest BCUT2D eigenvalue weighted by atomic mass is 9.97. The maximum atomic E-state index is 12.5. The molecule has 6 heteroatoms. The van der Waals surface area contributed by atoms with E-state index >= 15 is 0 Å². The predicted molar refractivity (Wildman–Crippen MR) is 109 cm³/mol. The summed E-state index contributed by atoms with van der Waals surface area (Å²) in [5.74, 6) is 2.20. The molecule has 146 valence electrons. The van der Waals surface area contributed by atoms with Gasteiger partial charge in [-0.1, -0.05) is 30.3 Å². The number of amides is 1. The van der Waals surface area contributed by atoms with E-state index < -0.39 is 0 Å². The Balaban J connectivity index is 1.33. The number of fused-ring (bicyclic) bond motifs is 1. The number of imidazole rings is 1. The van der Waals surface area contributed by atoms with Gasteiger partial charge >= 0.3 is 0 Å². The number of nitrogens with one attached hydrogen (secondary N) is 2. The minimum atomic E-state index is 0.0381. The highest BCUT2D eigenvalue weighted by Crippen LogP contribution is 2.26. The molecular weight excluding hydrogens is 352 g/mol. The molecule has 1 unspecified atom stereocenters. The summed E-state index contributed by atoms with van der Waals surface area (Å²) in [4.78, 5) is 22.9. The van der Waals surface area contributed by atoms with E-state index in [-0.39, 0.29) is 5.91 Å². The summed E-state index contributed by atoms with van der Waals surface area (Å²) < 4.78 is 5.34. The topological polar surface area (TPSA) is 70.2 Å². The first kappa shape index (κ1) is 18.5. The second-order valence-electron chi connectivity index (χ2n) is 7.30. The van der Waals surface area contributed by atoms with E-state index in [1.807, 2.05) is 42.5 Å². The molecule has 1 amide bonds. The van der Waals surface area contributed by atoms with Gasteiger partial charge in [-0.25, -0.2) is 4.98 Å². The average Bonchev–Trinajstić information content (AvgIpc) is 3.17. The van der Waals surface area contributed by atoms with Crippen molar-refractivity contribution in [1.29, 1.82) is 0 Å². The molecule has 0 saturated carbocycles. The van der Waals surface area contributed by atoms with Crippen LogP contribution in [0.5, 0.6) is 5.75 Å². The van der Waals surface area contributed by atoms with Crippen molar-refractivity contribution in [3.8, 4) is 5.75 Å². The molecule has 2 heterocycles. The van der Waals surface area contributed by atoms with Gasteiger partial charge in [0, 0.05) is 24.6 Å². The number of likely N-dealkylation sites (tertiary alicyclic amines) is 1. The molecule has 0 bridgehead atoms. The third-order valence-corrected chi connectivity index (χ3v) is 5.34. The smallest absolute Gasteiger partial charge is 0.234 e. The zero-order chi connectivity index (χ0) is 19.3. The lowest BCUT2D eigenvalue weighted by molar-refractivity contribution is -0.122. The van der Waals surface area contributed by atoms with E-state index in [0.717, 1.165) is 54.1 Å². The molecule has 1 saturated heterocycles. The number of carbonyl (C=O) groups excluding carboxylic acids is 1. The van der Waals surface area contributed by atoms with Crippen LogP contribution in [0, 0.1) is 0 Å². The highest BCUT2D eigenvalue weighted by Gasteiger charge is 2.25. The van der Waals surface area contributed by atoms with Crippen molar-refractivity contribution < 1.29 is 9.53 Å². The van der Waals surface area contributed by atoms with Gasteiger partial charge < -0.3 is 15.0 Å². The van der Waals surface area contributed by atoms with Crippen LogP contribution in [0.2, 0.25) is 0 Å². The van der Waals surface area contributed by atoms with Crippen molar-refractivity contribution in [3.63, 3.8) is 0 Å². The van der Waals surface area contributed by atoms with Crippen LogP contribution >= 0.6 is 0 Å². The van der Waals surface area contributed by atoms with Crippen LogP contribution in [0.1, 0.15) is 30.1 Å².